The summed E-state index contributed by atoms with van der Waals surface area (Å²) in [6.07, 6.45) is 2.17. The van der Waals surface area contributed by atoms with E-state index in [0.717, 1.165) is 22.0 Å². The molecule has 1 amide bonds. The number of carbonyl (C=O) groups is 2. The molecule has 6 heteroatoms. The van der Waals surface area contributed by atoms with E-state index in [1.165, 1.54) is 12.7 Å². The number of fused-ring (bicyclic) bond motifs is 1. The van der Waals surface area contributed by atoms with Gasteiger partial charge in [-0.25, -0.2) is 4.79 Å². The highest BCUT2D eigenvalue weighted by Gasteiger charge is 2.23. The lowest BCUT2D eigenvalue weighted by Crippen LogP contribution is -2.44. The molecule has 0 fully saturated rings. The van der Waals surface area contributed by atoms with Crippen molar-refractivity contribution < 1.29 is 19.1 Å². The van der Waals surface area contributed by atoms with Crippen molar-refractivity contribution in [3.63, 3.8) is 0 Å². The van der Waals surface area contributed by atoms with Crippen molar-refractivity contribution in [3.05, 3.63) is 65.4 Å². The summed E-state index contributed by atoms with van der Waals surface area (Å²) in [6, 6.07) is 12.8. The fourth-order valence-electron chi connectivity index (χ4n) is 3.63. The monoisotopic (exact) mass is 408 g/mol. The number of hydrogen-bond acceptors (Lipinski definition) is 4. The third-order valence-corrected chi connectivity index (χ3v) is 5.15. The number of aromatic amines is 1. The second-order valence-electron chi connectivity index (χ2n) is 7.67. The van der Waals surface area contributed by atoms with E-state index in [0.29, 0.717) is 18.1 Å². The molecule has 1 aromatic heterocycles. The SMILES string of the molecule is COC(=O)C(Cc1c[nH]c2ccccc12)NC(=O)COc1ccc(C(C)C)c(C)c1. The molecule has 0 saturated heterocycles. The first-order chi connectivity index (χ1) is 14.4. The van der Waals surface area contributed by atoms with Crippen LogP contribution < -0.4 is 10.1 Å². The van der Waals surface area contributed by atoms with Crippen molar-refractivity contribution in [1.29, 1.82) is 0 Å². The first-order valence-corrected chi connectivity index (χ1v) is 10.0. The van der Waals surface area contributed by atoms with Gasteiger partial charge in [0.25, 0.3) is 5.91 Å². The third kappa shape index (κ3) is 5.00. The van der Waals surface area contributed by atoms with Gasteiger partial charge in [-0.2, -0.15) is 0 Å². The summed E-state index contributed by atoms with van der Waals surface area (Å²) in [6.45, 7) is 6.12. The minimum absolute atomic E-state index is 0.179. The molecule has 0 saturated carbocycles. The molecular weight excluding hydrogens is 380 g/mol. The first-order valence-electron chi connectivity index (χ1n) is 10.0. The van der Waals surface area contributed by atoms with Gasteiger partial charge in [-0.05, 0) is 47.7 Å². The molecule has 3 rings (SSSR count). The van der Waals surface area contributed by atoms with Crippen molar-refractivity contribution in [2.75, 3.05) is 13.7 Å². The zero-order chi connectivity index (χ0) is 21.7. The largest absolute Gasteiger partial charge is 0.484 e. The number of rotatable bonds is 8. The lowest BCUT2D eigenvalue weighted by molar-refractivity contribution is -0.145. The van der Waals surface area contributed by atoms with Crippen LogP contribution in [0.4, 0.5) is 0 Å². The van der Waals surface area contributed by atoms with Crippen LogP contribution >= 0.6 is 0 Å². The number of carbonyl (C=O) groups excluding carboxylic acids is 2. The van der Waals surface area contributed by atoms with E-state index < -0.39 is 12.0 Å². The number of nitrogens with one attached hydrogen (secondary N) is 2. The van der Waals surface area contributed by atoms with E-state index in [2.05, 4.69) is 24.1 Å². The molecule has 158 valence electrons. The van der Waals surface area contributed by atoms with Gasteiger partial charge in [-0.1, -0.05) is 38.1 Å². The minimum Gasteiger partial charge on any atom is -0.484 e. The van der Waals surface area contributed by atoms with Gasteiger partial charge in [0.2, 0.25) is 0 Å². The molecule has 1 atom stereocenters. The molecule has 30 heavy (non-hydrogen) atoms. The predicted octanol–water partition coefficient (Wildman–Crippen LogP) is 3.88. The van der Waals surface area contributed by atoms with E-state index in [1.807, 2.05) is 55.6 Å². The fraction of sp³-hybridized carbons (Fsp3) is 0.333. The number of para-hydroxylation sites is 1. The Labute approximate surface area is 176 Å². The van der Waals surface area contributed by atoms with E-state index in [1.54, 1.807) is 0 Å². The Balaban J connectivity index is 1.64. The number of amides is 1. The highest BCUT2D eigenvalue weighted by molar-refractivity contribution is 5.87. The Morgan fingerprint density at radius 3 is 2.60 bits per heavy atom. The quantitative estimate of drug-likeness (QED) is 0.555. The van der Waals surface area contributed by atoms with Crippen LogP contribution in [0.3, 0.4) is 0 Å². The van der Waals surface area contributed by atoms with Gasteiger partial charge < -0.3 is 19.8 Å². The summed E-state index contributed by atoms with van der Waals surface area (Å²) in [7, 11) is 1.31. The molecule has 2 aromatic carbocycles. The normalized spacial score (nSPS) is 12.0. The van der Waals surface area contributed by atoms with E-state index >= 15 is 0 Å². The van der Waals surface area contributed by atoms with E-state index in [-0.39, 0.29) is 12.5 Å². The van der Waals surface area contributed by atoms with E-state index in [4.69, 9.17) is 9.47 Å². The Bertz CT molecular complexity index is 1040. The van der Waals surface area contributed by atoms with Crippen LogP contribution in [0.25, 0.3) is 10.9 Å². The van der Waals surface area contributed by atoms with Crippen molar-refractivity contribution in [1.82, 2.24) is 10.3 Å². The van der Waals surface area contributed by atoms with Crippen LogP contribution in [0.2, 0.25) is 0 Å². The van der Waals surface area contributed by atoms with Crippen LogP contribution in [0, 0.1) is 6.92 Å². The van der Waals surface area contributed by atoms with E-state index in [9.17, 15) is 9.59 Å². The zero-order valence-corrected chi connectivity index (χ0v) is 17.8. The maximum Gasteiger partial charge on any atom is 0.328 e. The molecule has 1 unspecified atom stereocenters. The molecule has 3 aromatic rings. The van der Waals surface area contributed by atoms with Crippen molar-refractivity contribution in [2.24, 2.45) is 0 Å². The van der Waals surface area contributed by atoms with Crippen LogP contribution in [-0.2, 0) is 20.7 Å². The second kappa shape index (κ2) is 9.48. The molecule has 6 nitrogen and oxygen atoms in total. The molecular formula is C24H28N2O4. The summed E-state index contributed by atoms with van der Waals surface area (Å²) >= 11 is 0. The maximum atomic E-state index is 12.4. The molecule has 0 aliphatic rings. The summed E-state index contributed by atoms with van der Waals surface area (Å²) in [5.41, 5.74) is 4.28. The van der Waals surface area contributed by atoms with Gasteiger partial charge in [-0.15, -0.1) is 0 Å². The first kappa shape index (κ1) is 21.4. The second-order valence-corrected chi connectivity index (χ2v) is 7.67. The van der Waals surface area contributed by atoms with Gasteiger partial charge in [-0.3, -0.25) is 4.79 Å². The number of aryl methyl sites for hydroxylation is 1. The van der Waals surface area contributed by atoms with Crippen molar-refractivity contribution in [2.45, 2.75) is 39.2 Å². The lowest BCUT2D eigenvalue weighted by Gasteiger charge is -2.17. The minimum atomic E-state index is -0.796. The predicted molar refractivity (Wildman–Crippen MR) is 117 cm³/mol. The van der Waals surface area contributed by atoms with Crippen molar-refractivity contribution >= 4 is 22.8 Å². The molecule has 0 bridgehead atoms. The highest BCUT2D eigenvalue weighted by atomic mass is 16.5. The number of methoxy groups -OCH3 is 1. The van der Waals surface area contributed by atoms with Gasteiger partial charge in [0.15, 0.2) is 6.61 Å². The van der Waals surface area contributed by atoms with Crippen LogP contribution in [-0.4, -0.2) is 36.6 Å². The fourth-order valence-corrected chi connectivity index (χ4v) is 3.63. The van der Waals surface area contributed by atoms with Crippen LogP contribution in [0.15, 0.2) is 48.7 Å². The lowest BCUT2D eigenvalue weighted by atomic mass is 9.98. The Kier molecular flexibility index (Phi) is 6.77. The van der Waals surface area contributed by atoms with Gasteiger partial charge in [0.1, 0.15) is 11.8 Å². The maximum absolute atomic E-state index is 12.4. The Morgan fingerprint density at radius 2 is 1.90 bits per heavy atom. The van der Waals surface area contributed by atoms with Gasteiger partial charge in [0.05, 0.1) is 7.11 Å². The number of benzene rings is 2. The van der Waals surface area contributed by atoms with Crippen LogP contribution in [0.1, 0.15) is 36.5 Å². The molecule has 0 aliphatic carbocycles. The zero-order valence-electron chi connectivity index (χ0n) is 17.8. The number of hydrogen-bond donors (Lipinski definition) is 2. The number of aromatic nitrogens is 1. The average Bonchev–Trinajstić information content (AvgIpc) is 3.14. The summed E-state index contributed by atoms with van der Waals surface area (Å²) in [4.78, 5) is 27.9. The number of H-pyrrole nitrogens is 1. The molecule has 0 spiro atoms. The molecule has 0 aliphatic heterocycles. The smallest absolute Gasteiger partial charge is 0.328 e. The highest BCUT2D eigenvalue weighted by Crippen LogP contribution is 2.23. The van der Waals surface area contributed by atoms with Gasteiger partial charge in [0, 0.05) is 23.5 Å². The van der Waals surface area contributed by atoms with Crippen molar-refractivity contribution in [3.8, 4) is 5.75 Å². The standard InChI is InChI=1S/C24H28N2O4/c1-15(2)19-10-9-18(11-16(19)3)30-14-23(27)26-22(24(28)29-4)12-17-13-25-21-8-6-5-7-20(17)21/h5-11,13,15,22,25H,12,14H2,1-4H3,(H,26,27). The molecule has 2 N–H and O–H groups in total. The number of ether oxygens (including phenoxy) is 2. The Morgan fingerprint density at radius 1 is 1.13 bits per heavy atom. The number of esters is 1. The topological polar surface area (TPSA) is 80.4 Å². The summed E-state index contributed by atoms with van der Waals surface area (Å²) in [5, 5.41) is 3.74. The summed E-state index contributed by atoms with van der Waals surface area (Å²) < 4.78 is 10.5. The summed E-state index contributed by atoms with van der Waals surface area (Å²) in [5.74, 6) is 0.174. The third-order valence-electron chi connectivity index (χ3n) is 5.15. The average molecular weight is 408 g/mol. The van der Waals surface area contributed by atoms with Gasteiger partial charge >= 0.3 is 5.97 Å². The molecule has 0 radical (unpaired) electrons. The Hall–Kier alpha value is -3.28. The van der Waals surface area contributed by atoms with Crippen LogP contribution in [0.5, 0.6) is 5.75 Å². The molecule has 1 heterocycles.